The van der Waals surface area contributed by atoms with Crippen molar-refractivity contribution in [1.29, 1.82) is 0 Å². The molecule has 6 nitrogen and oxygen atoms in total. The first-order valence-electron chi connectivity index (χ1n) is 7.57. The average Bonchev–Trinajstić information content (AvgIpc) is 2.93. The predicted molar refractivity (Wildman–Crippen MR) is 75.0 cm³/mol. The summed E-state index contributed by atoms with van der Waals surface area (Å²) in [5, 5.41) is 3.10. The minimum absolute atomic E-state index is 0.0118. The van der Waals surface area contributed by atoms with Gasteiger partial charge in [0.2, 0.25) is 5.76 Å². The number of hydrogen-bond acceptors (Lipinski definition) is 5. The molecule has 6 heteroatoms. The van der Waals surface area contributed by atoms with Crippen LogP contribution in [0, 0.1) is 12.3 Å². The maximum atomic E-state index is 12.3. The summed E-state index contributed by atoms with van der Waals surface area (Å²) in [5.41, 5.74) is 0.631. The number of carbonyl (C=O) groups excluding carboxylic acids is 1. The van der Waals surface area contributed by atoms with Crippen LogP contribution < -0.4 is 5.32 Å². The van der Waals surface area contributed by atoms with Crippen molar-refractivity contribution < 1.29 is 18.7 Å². The molecule has 1 spiro atoms. The normalized spacial score (nSPS) is 27.3. The van der Waals surface area contributed by atoms with Gasteiger partial charge < -0.3 is 19.2 Å². The number of aromatic nitrogens is 1. The van der Waals surface area contributed by atoms with Gasteiger partial charge in [0.15, 0.2) is 6.39 Å². The van der Waals surface area contributed by atoms with Crippen molar-refractivity contribution >= 4 is 5.91 Å². The number of hydrogen-bond donors (Lipinski definition) is 1. The molecule has 2 aliphatic rings. The van der Waals surface area contributed by atoms with E-state index in [0.29, 0.717) is 18.1 Å². The van der Waals surface area contributed by atoms with Gasteiger partial charge in [0.05, 0.1) is 11.8 Å². The fourth-order valence-electron chi connectivity index (χ4n) is 3.55. The molecule has 0 unspecified atom stereocenters. The molecule has 1 aliphatic carbocycles. The van der Waals surface area contributed by atoms with Gasteiger partial charge >= 0.3 is 0 Å². The zero-order valence-electron chi connectivity index (χ0n) is 12.6. The van der Waals surface area contributed by atoms with E-state index in [-0.39, 0.29) is 23.5 Å². The van der Waals surface area contributed by atoms with Crippen molar-refractivity contribution in [2.75, 3.05) is 19.8 Å². The number of carbonyl (C=O) groups is 1. The molecule has 0 aromatic carbocycles. The van der Waals surface area contributed by atoms with Crippen LogP contribution in [0.25, 0.3) is 0 Å². The summed E-state index contributed by atoms with van der Waals surface area (Å²) >= 11 is 0. The molecule has 116 valence electrons. The molecule has 2 heterocycles. The van der Waals surface area contributed by atoms with Crippen molar-refractivity contribution in [2.24, 2.45) is 5.41 Å². The zero-order valence-corrected chi connectivity index (χ0v) is 12.6. The van der Waals surface area contributed by atoms with E-state index in [2.05, 4.69) is 10.3 Å². The Hall–Kier alpha value is -1.40. The molecule has 1 N–H and O–H groups in total. The second-order valence-electron chi connectivity index (χ2n) is 5.82. The highest BCUT2D eigenvalue weighted by atomic mass is 16.5. The lowest BCUT2D eigenvalue weighted by Gasteiger charge is -2.57. The maximum Gasteiger partial charge on any atom is 0.289 e. The molecule has 1 amide bonds. The quantitative estimate of drug-likeness (QED) is 0.914. The summed E-state index contributed by atoms with van der Waals surface area (Å²) in [6, 6.07) is 0.120. The van der Waals surface area contributed by atoms with E-state index >= 15 is 0 Å². The number of amides is 1. The first kappa shape index (κ1) is 14.5. The molecule has 21 heavy (non-hydrogen) atoms. The Morgan fingerprint density at radius 1 is 1.52 bits per heavy atom. The van der Waals surface area contributed by atoms with Gasteiger partial charge in [0.25, 0.3) is 5.91 Å². The van der Waals surface area contributed by atoms with Crippen molar-refractivity contribution in [3.05, 3.63) is 17.8 Å². The minimum Gasteiger partial charge on any atom is -0.438 e. The highest BCUT2D eigenvalue weighted by molar-refractivity contribution is 5.92. The molecule has 1 saturated carbocycles. The van der Waals surface area contributed by atoms with Crippen molar-refractivity contribution in [3.8, 4) is 0 Å². The van der Waals surface area contributed by atoms with Crippen LogP contribution in [-0.2, 0) is 9.47 Å². The number of rotatable bonds is 4. The average molecular weight is 294 g/mol. The van der Waals surface area contributed by atoms with Gasteiger partial charge in [-0.2, -0.15) is 0 Å². The van der Waals surface area contributed by atoms with Crippen LogP contribution in [0.2, 0.25) is 0 Å². The number of aryl methyl sites for hydroxylation is 1. The summed E-state index contributed by atoms with van der Waals surface area (Å²) in [4.78, 5) is 16.3. The minimum atomic E-state index is -0.184. The van der Waals surface area contributed by atoms with Crippen LogP contribution in [-0.4, -0.2) is 42.9 Å². The molecule has 2 atom stereocenters. The van der Waals surface area contributed by atoms with Crippen molar-refractivity contribution in [1.82, 2.24) is 10.3 Å². The fraction of sp³-hybridized carbons (Fsp3) is 0.733. The van der Waals surface area contributed by atoms with Crippen LogP contribution >= 0.6 is 0 Å². The van der Waals surface area contributed by atoms with Gasteiger partial charge in [-0.25, -0.2) is 4.98 Å². The Bertz CT molecular complexity index is 508. The van der Waals surface area contributed by atoms with E-state index in [9.17, 15) is 4.79 Å². The van der Waals surface area contributed by atoms with Gasteiger partial charge in [0.1, 0.15) is 0 Å². The Morgan fingerprint density at radius 3 is 2.90 bits per heavy atom. The van der Waals surface area contributed by atoms with Gasteiger partial charge in [-0.1, -0.05) is 0 Å². The van der Waals surface area contributed by atoms with Gasteiger partial charge in [-0.05, 0) is 33.1 Å². The predicted octanol–water partition coefficient (Wildman–Crippen LogP) is 1.69. The Balaban J connectivity index is 1.70. The molecule has 3 rings (SSSR count). The Labute approximate surface area is 124 Å². The van der Waals surface area contributed by atoms with Gasteiger partial charge in [-0.15, -0.1) is 0 Å². The summed E-state index contributed by atoms with van der Waals surface area (Å²) in [6.07, 6.45) is 4.23. The number of ether oxygens (including phenoxy) is 2. The third-order valence-corrected chi connectivity index (χ3v) is 4.83. The lowest BCUT2D eigenvalue weighted by atomic mass is 9.57. The van der Waals surface area contributed by atoms with Crippen LogP contribution in [0.4, 0.5) is 0 Å². The van der Waals surface area contributed by atoms with E-state index in [4.69, 9.17) is 13.9 Å². The van der Waals surface area contributed by atoms with E-state index in [0.717, 1.165) is 32.5 Å². The van der Waals surface area contributed by atoms with Crippen LogP contribution in [0.5, 0.6) is 0 Å². The summed E-state index contributed by atoms with van der Waals surface area (Å²) in [7, 11) is 0. The van der Waals surface area contributed by atoms with E-state index in [1.807, 2.05) is 6.92 Å². The Morgan fingerprint density at radius 2 is 2.29 bits per heavy atom. The molecule has 0 bridgehead atoms. The number of oxazole rings is 1. The first-order chi connectivity index (χ1) is 10.2. The SMILES string of the molecule is CCO[C@@H]1C[C@@H](NC(=O)c2ocnc2C)C12CCOCC2. The molecule has 1 aromatic heterocycles. The highest BCUT2D eigenvalue weighted by Gasteiger charge is 2.56. The lowest BCUT2D eigenvalue weighted by Crippen LogP contribution is -2.66. The fourth-order valence-corrected chi connectivity index (χ4v) is 3.55. The van der Waals surface area contributed by atoms with E-state index in [1.165, 1.54) is 6.39 Å². The van der Waals surface area contributed by atoms with Gasteiger partial charge in [-0.3, -0.25) is 4.79 Å². The molecule has 1 aromatic rings. The van der Waals surface area contributed by atoms with Gasteiger partial charge in [0, 0.05) is 31.3 Å². The highest BCUT2D eigenvalue weighted by Crippen LogP contribution is 2.50. The van der Waals surface area contributed by atoms with Crippen molar-refractivity contribution in [2.45, 2.75) is 45.3 Å². The summed E-state index contributed by atoms with van der Waals surface area (Å²) in [5.74, 6) is 0.118. The third kappa shape index (κ3) is 2.46. The third-order valence-electron chi connectivity index (χ3n) is 4.83. The zero-order chi connectivity index (χ0) is 14.9. The number of nitrogens with one attached hydrogen (secondary N) is 1. The van der Waals surface area contributed by atoms with Crippen LogP contribution in [0.3, 0.4) is 0 Å². The van der Waals surface area contributed by atoms with Crippen molar-refractivity contribution in [3.63, 3.8) is 0 Å². The molecular weight excluding hydrogens is 272 g/mol. The maximum absolute atomic E-state index is 12.3. The second-order valence-corrected chi connectivity index (χ2v) is 5.82. The topological polar surface area (TPSA) is 73.6 Å². The largest absolute Gasteiger partial charge is 0.438 e. The molecular formula is C15H22N2O4. The molecule has 1 saturated heterocycles. The Kier molecular flexibility index (Phi) is 3.99. The van der Waals surface area contributed by atoms with E-state index in [1.54, 1.807) is 6.92 Å². The smallest absolute Gasteiger partial charge is 0.289 e. The lowest BCUT2D eigenvalue weighted by molar-refractivity contribution is -0.170. The second kappa shape index (κ2) is 5.77. The first-order valence-corrected chi connectivity index (χ1v) is 7.57. The van der Waals surface area contributed by atoms with Crippen LogP contribution in [0.1, 0.15) is 42.4 Å². The van der Waals surface area contributed by atoms with E-state index < -0.39 is 0 Å². The van der Waals surface area contributed by atoms with Crippen LogP contribution in [0.15, 0.2) is 10.8 Å². The molecule has 2 fully saturated rings. The monoisotopic (exact) mass is 294 g/mol. The summed E-state index contributed by atoms with van der Waals surface area (Å²) < 4.78 is 16.5. The molecule has 1 aliphatic heterocycles. The standard InChI is InChI=1S/C15H22N2O4/c1-3-20-12-8-11(15(12)4-6-19-7-5-15)17-14(18)13-10(2)16-9-21-13/h9,11-12H,3-8H2,1-2H3,(H,17,18)/t11-,12-/m1/s1. The number of nitrogens with zero attached hydrogens (tertiary/aromatic N) is 1. The molecule has 0 radical (unpaired) electrons. The summed E-state index contributed by atoms with van der Waals surface area (Å²) in [6.45, 7) is 5.95.